The van der Waals surface area contributed by atoms with E-state index in [1.54, 1.807) is 17.0 Å². The maximum absolute atomic E-state index is 12.9. The standard InChI is InChI=1S/C12H16FN3O/c1-9-8-16(6-5-14-9)12(17)15-11-4-2-3-10(13)7-11/h2-4,7,9,14H,5-6,8H2,1H3,(H,15,17)/t9-/m0/s1. The molecule has 0 spiro atoms. The summed E-state index contributed by atoms with van der Waals surface area (Å²) < 4.78 is 12.9. The van der Waals surface area contributed by atoms with E-state index in [4.69, 9.17) is 0 Å². The van der Waals surface area contributed by atoms with Gasteiger partial charge in [0.2, 0.25) is 0 Å². The highest BCUT2D eigenvalue weighted by Gasteiger charge is 2.20. The quantitative estimate of drug-likeness (QED) is 0.780. The Morgan fingerprint density at radius 1 is 1.59 bits per heavy atom. The van der Waals surface area contributed by atoms with Gasteiger partial charge in [-0.1, -0.05) is 6.07 Å². The predicted molar refractivity (Wildman–Crippen MR) is 64.5 cm³/mol. The highest BCUT2D eigenvalue weighted by molar-refractivity contribution is 5.89. The van der Waals surface area contributed by atoms with Gasteiger partial charge in [0.05, 0.1) is 0 Å². The van der Waals surface area contributed by atoms with E-state index in [-0.39, 0.29) is 11.8 Å². The van der Waals surface area contributed by atoms with Crippen molar-refractivity contribution in [2.24, 2.45) is 0 Å². The number of amides is 2. The lowest BCUT2D eigenvalue weighted by Crippen LogP contribution is -2.52. The number of nitrogens with zero attached hydrogens (tertiary/aromatic N) is 1. The van der Waals surface area contributed by atoms with Crippen LogP contribution in [0.4, 0.5) is 14.9 Å². The van der Waals surface area contributed by atoms with Gasteiger partial charge in [0.15, 0.2) is 0 Å². The fraction of sp³-hybridized carbons (Fsp3) is 0.417. The fourth-order valence-corrected chi connectivity index (χ4v) is 1.89. The molecule has 1 aliphatic heterocycles. The molecular weight excluding hydrogens is 221 g/mol. The number of halogens is 1. The van der Waals surface area contributed by atoms with Gasteiger partial charge in [-0.05, 0) is 25.1 Å². The molecule has 5 heteroatoms. The second-order valence-corrected chi connectivity index (χ2v) is 4.24. The molecule has 1 atom stereocenters. The first-order valence-corrected chi connectivity index (χ1v) is 5.70. The van der Waals surface area contributed by atoms with Crippen molar-refractivity contribution in [1.82, 2.24) is 10.2 Å². The van der Waals surface area contributed by atoms with Gasteiger partial charge in [0, 0.05) is 31.4 Å². The number of carbonyl (C=O) groups is 1. The third-order valence-corrected chi connectivity index (χ3v) is 2.73. The molecule has 0 bridgehead atoms. The molecular formula is C12H16FN3O. The first-order valence-electron chi connectivity index (χ1n) is 5.70. The summed E-state index contributed by atoms with van der Waals surface area (Å²) in [5, 5.41) is 5.95. The number of benzene rings is 1. The number of carbonyl (C=O) groups excluding carboxylic acids is 1. The molecule has 0 aliphatic carbocycles. The maximum atomic E-state index is 12.9. The monoisotopic (exact) mass is 237 g/mol. The van der Waals surface area contributed by atoms with E-state index in [1.807, 2.05) is 6.92 Å². The van der Waals surface area contributed by atoms with Crippen molar-refractivity contribution < 1.29 is 9.18 Å². The Morgan fingerprint density at radius 3 is 3.12 bits per heavy atom. The van der Waals surface area contributed by atoms with Crippen LogP contribution in [0.2, 0.25) is 0 Å². The molecule has 1 aromatic carbocycles. The average Bonchev–Trinajstić information content (AvgIpc) is 2.29. The smallest absolute Gasteiger partial charge is 0.321 e. The van der Waals surface area contributed by atoms with Gasteiger partial charge in [-0.2, -0.15) is 0 Å². The molecule has 1 fully saturated rings. The lowest BCUT2D eigenvalue weighted by atomic mass is 10.2. The molecule has 1 saturated heterocycles. The highest BCUT2D eigenvalue weighted by atomic mass is 19.1. The van der Waals surface area contributed by atoms with Crippen LogP contribution in [0.3, 0.4) is 0 Å². The van der Waals surface area contributed by atoms with Crippen LogP contribution in [0.1, 0.15) is 6.92 Å². The summed E-state index contributed by atoms with van der Waals surface area (Å²) in [6.45, 7) is 4.16. The van der Waals surface area contributed by atoms with Crippen LogP contribution in [0.5, 0.6) is 0 Å². The Morgan fingerprint density at radius 2 is 2.41 bits per heavy atom. The lowest BCUT2D eigenvalue weighted by molar-refractivity contribution is 0.192. The van der Waals surface area contributed by atoms with E-state index in [0.717, 1.165) is 6.54 Å². The fourth-order valence-electron chi connectivity index (χ4n) is 1.89. The molecule has 2 rings (SSSR count). The summed E-state index contributed by atoms with van der Waals surface area (Å²) in [6, 6.07) is 6.02. The van der Waals surface area contributed by atoms with Crippen molar-refractivity contribution in [1.29, 1.82) is 0 Å². The minimum Gasteiger partial charge on any atom is -0.322 e. The highest BCUT2D eigenvalue weighted by Crippen LogP contribution is 2.10. The van der Waals surface area contributed by atoms with Crippen LogP contribution >= 0.6 is 0 Å². The zero-order valence-corrected chi connectivity index (χ0v) is 9.74. The molecule has 0 radical (unpaired) electrons. The van der Waals surface area contributed by atoms with Gasteiger partial charge in [-0.15, -0.1) is 0 Å². The number of hydrogen-bond acceptors (Lipinski definition) is 2. The summed E-state index contributed by atoms with van der Waals surface area (Å²) >= 11 is 0. The Balaban J connectivity index is 1.96. The van der Waals surface area contributed by atoms with E-state index in [0.29, 0.717) is 24.8 Å². The van der Waals surface area contributed by atoms with E-state index in [2.05, 4.69) is 10.6 Å². The van der Waals surface area contributed by atoms with Crippen molar-refractivity contribution in [2.45, 2.75) is 13.0 Å². The Kier molecular flexibility index (Phi) is 3.58. The van der Waals surface area contributed by atoms with Gasteiger partial charge in [-0.25, -0.2) is 9.18 Å². The van der Waals surface area contributed by atoms with Gasteiger partial charge in [0.25, 0.3) is 0 Å². The maximum Gasteiger partial charge on any atom is 0.321 e. The van der Waals surface area contributed by atoms with Crippen molar-refractivity contribution in [3.8, 4) is 0 Å². The molecule has 2 amide bonds. The minimum absolute atomic E-state index is 0.177. The zero-order valence-electron chi connectivity index (χ0n) is 9.74. The summed E-state index contributed by atoms with van der Waals surface area (Å²) in [7, 11) is 0. The van der Waals surface area contributed by atoms with Crippen molar-refractivity contribution >= 4 is 11.7 Å². The Hall–Kier alpha value is -1.62. The summed E-state index contributed by atoms with van der Waals surface area (Å²) in [5.74, 6) is -0.350. The van der Waals surface area contributed by atoms with Crippen molar-refractivity contribution in [3.05, 3.63) is 30.1 Å². The van der Waals surface area contributed by atoms with Crippen LogP contribution in [-0.2, 0) is 0 Å². The minimum atomic E-state index is -0.350. The van der Waals surface area contributed by atoms with E-state index >= 15 is 0 Å². The van der Waals surface area contributed by atoms with Crippen LogP contribution in [0, 0.1) is 5.82 Å². The topological polar surface area (TPSA) is 44.4 Å². The SMILES string of the molecule is C[C@H]1CN(C(=O)Nc2cccc(F)c2)CCN1. The number of hydrogen-bond donors (Lipinski definition) is 2. The normalized spacial score (nSPS) is 20.1. The molecule has 0 aromatic heterocycles. The van der Waals surface area contributed by atoms with Crippen LogP contribution in [0.25, 0.3) is 0 Å². The summed E-state index contributed by atoms with van der Waals surface area (Å²) in [4.78, 5) is 13.6. The zero-order chi connectivity index (χ0) is 12.3. The van der Waals surface area contributed by atoms with Crippen molar-refractivity contribution in [2.75, 3.05) is 25.0 Å². The third-order valence-electron chi connectivity index (χ3n) is 2.73. The number of piperazine rings is 1. The molecule has 1 heterocycles. The largest absolute Gasteiger partial charge is 0.322 e. The number of rotatable bonds is 1. The van der Waals surface area contributed by atoms with Gasteiger partial charge in [-0.3, -0.25) is 0 Å². The van der Waals surface area contributed by atoms with Crippen LogP contribution in [0.15, 0.2) is 24.3 Å². The first-order chi connectivity index (χ1) is 8.15. The van der Waals surface area contributed by atoms with Gasteiger partial charge >= 0.3 is 6.03 Å². The number of urea groups is 1. The first kappa shape index (κ1) is 11.9. The summed E-state index contributed by atoms with van der Waals surface area (Å²) in [6.07, 6.45) is 0. The second-order valence-electron chi connectivity index (χ2n) is 4.24. The lowest BCUT2D eigenvalue weighted by Gasteiger charge is -2.31. The van der Waals surface area contributed by atoms with E-state index < -0.39 is 0 Å². The van der Waals surface area contributed by atoms with E-state index in [9.17, 15) is 9.18 Å². The van der Waals surface area contributed by atoms with Gasteiger partial charge in [0.1, 0.15) is 5.82 Å². The molecule has 92 valence electrons. The average molecular weight is 237 g/mol. The Bertz CT molecular complexity index is 410. The van der Waals surface area contributed by atoms with Crippen LogP contribution < -0.4 is 10.6 Å². The van der Waals surface area contributed by atoms with Gasteiger partial charge < -0.3 is 15.5 Å². The molecule has 1 aliphatic rings. The summed E-state index contributed by atoms with van der Waals surface area (Å²) in [5.41, 5.74) is 0.487. The molecule has 1 aromatic rings. The van der Waals surface area contributed by atoms with Crippen molar-refractivity contribution in [3.63, 3.8) is 0 Å². The molecule has 2 N–H and O–H groups in total. The Labute approximate surface area is 99.8 Å². The second kappa shape index (κ2) is 5.14. The van der Waals surface area contributed by atoms with Crippen LogP contribution in [-0.4, -0.2) is 36.6 Å². The molecule has 4 nitrogen and oxygen atoms in total. The molecule has 0 saturated carbocycles. The number of anilines is 1. The predicted octanol–water partition coefficient (Wildman–Crippen LogP) is 1.65. The third kappa shape index (κ3) is 3.17. The van der Waals surface area contributed by atoms with E-state index in [1.165, 1.54) is 12.1 Å². The molecule has 17 heavy (non-hydrogen) atoms. The molecule has 0 unspecified atom stereocenters. The number of nitrogens with one attached hydrogen (secondary N) is 2.